The van der Waals surface area contributed by atoms with E-state index >= 15 is 0 Å². The zero-order chi connectivity index (χ0) is 22.1. The van der Waals surface area contributed by atoms with Crippen molar-refractivity contribution in [3.8, 4) is 5.75 Å². The van der Waals surface area contributed by atoms with Crippen LogP contribution in [0.25, 0.3) is 11.0 Å². The van der Waals surface area contributed by atoms with Crippen molar-refractivity contribution in [3.63, 3.8) is 0 Å². The number of carbonyl (C=O) groups is 1. The molecule has 4 rings (SSSR count). The van der Waals surface area contributed by atoms with Crippen LogP contribution in [0.1, 0.15) is 29.6 Å². The number of nitrogens with zero attached hydrogens (tertiary/aromatic N) is 3. The van der Waals surface area contributed by atoms with Gasteiger partial charge in [-0.25, -0.2) is 0 Å². The van der Waals surface area contributed by atoms with Gasteiger partial charge in [0.15, 0.2) is 0 Å². The Hall–Kier alpha value is -3.55. The Morgan fingerprint density at radius 3 is 2.06 bits per heavy atom. The maximum atomic E-state index is 13.0. The van der Waals surface area contributed by atoms with Crippen LogP contribution >= 0.6 is 0 Å². The number of hydrogen-bond acceptors (Lipinski definition) is 5. The summed E-state index contributed by atoms with van der Waals surface area (Å²) in [6.45, 7) is 1.74. The number of nitrogens with one attached hydrogen (secondary N) is 1. The van der Waals surface area contributed by atoms with Gasteiger partial charge < -0.3 is 24.1 Å². The number of hydrogen-bond donors (Lipinski definition) is 1. The van der Waals surface area contributed by atoms with E-state index in [2.05, 4.69) is 10.2 Å². The third kappa shape index (κ3) is 3.81. The van der Waals surface area contributed by atoms with Crippen molar-refractivity contribution in [2.45, 2.75) is 19.3 Å². The molecule has 1 N–H and O–H groups in total. The molecule has 0 spiro atoms. The van der Waals surface area contributed by atoms with Crippen molar-refractivity contribution in [2.75, 3.05) is 30.4 Å². The molecule has 8 nitrogen and oxygen atoms in total. The van der Waals surface area contributed by atoms with Crippen molar-refractivity contribution in [1.82, 2.24) is 9.13 Å². The molecule has 2 heterocycles. The Kier molecular flexibility index (Phi) is 5.54. The smallest absolute Gasteiger partial charge is 0.316 e. The van der Waals surface area contributed by atoms with Crippen LogP contribution in [0.2, 0.25) is 0 Å². The summed E-state index contributed by atoms with van der Waals surface area (Å²) in [5.74, 6) is 0.419. The fourth-order valence-corrected chi connectivity index (χ4v) is 4.04. The zero-order valence-electron chi connectivity index (χ0n) is 18.0. The zero-order valence-corrected chi connectivity index (χ0v) is 18.0. The second-order valence-electron chi connectivity index (χ2n) is 7.82. The first-order valence-electron chi connectivity index (χ1n) is 10.3. The largest absolute Gasteiger partial charge is 0.497 e. The van der Waals surface area contributed by atoms with E-state index in [1.165, 1.54) is 15.6 Å². The lowest BCUT2D eigenvalue weighted by molar-refractivity contribution is 0.102. The van der Waals surface area contributed by atoms with Crippen LogP contribution in [0.3, 0.4) is 0 Å². The molecule has 1 aliphatic rings. The monoisotopic (exact) mass is 422 g/mol. The molecule has 0 atom stereocenters. The molecule has 162 valence electrons. The van der Waals surface area contributed by atoms with Gasteiger partial charge in [0.25, 0.3) is 5.91 Å². The fraction of sp³-hybridized carbons (Fsp3) is 0.348. The average molecular weight is 422 g/mol. The molecule has 1 aromatic heterocycles. The Balaban J connectivity index is 1.83. The van der Waals surface area contributed by atoms with Gasteiger partial charge in [-0.1, -0.05) is 0 Å². The van der Waals surface area contributed by atoms with Gasteiger partial charge in [0.05, 0.1) is 29.5 Å². The molecule has 31 heavy (non-hydrogen) atoms. The van der Waals surface area contributed by atoms with Crippen LogP contribution in [0.4, 0.5) is 11.4 Å². The quantitative estimate of drug-likeness (QED) is 0.653. The van der Waals surface area contributed by atoms with Crippen LogP contribution < -0.4 is 26.1 Å². The van der Waals surface area contributed by atoms with Crippen LogP contribution in [0.15, 0.2) is 46.0 Å². The number of amides is 1. The molecule has 1 saturated heterocycles. The molecule has 0 radical (unpaired) electrons. The maximum Gasteiger partial charge on any atom is 0.316 e. The van der Waals surface area contributed by atoms with Gasteiger partial charge >= 0.3 is 11.1 Å². The number of anilines is 2. The molecular weight excluding hydrogens is 396 g/mol. The summed E-state index contributed by atoms with van der Waals surface area (Å²) in [7, 11) is 4.75. The lowest BCUT2D eigenvalue weighted by Crippen LogP contribution is -2.39. The van der Waals surface area contributed by atoms with Crippen molar-refractivity contribution < 1.29 is 9.53 Å². The first kappa shape index (κ1) is 20.7. The highest BCUT2D eigenvalue weighted by molar-refractivity contribution is 6.07. The SMILES string of the molecule is COc1ccc(C(=O)Nc2cc3c(cc2N2CCCCC2)n(C)c(=O)c(=O)n3C)cc1. The molecule has 1 fully saturated rings. The molecule has 2 aromatic carbocycles. The van der Waals surface area contributed by atoms with Gasteiger partial charge in [0, 0.05) is 32.7 Å². The minimum Gasteiger partial charge on any atom is -0.497 e. The van der Waals surface area contributed by atoms with Crippen molar-refractivity contribution in [3.05, 3.63) is 62.7 Å². The highest BCUT2D eigenvalue weighted by atomic mass is 16.5. The summed E-state index contributed by atoms with van der Waals surface area (Å²) in [6.07, 6.45) is 3.30. The van der Waals surface area contributed by atoms with Gasteiger partial charge in [-0.15, -0.1) is 0 Å². The minimum absolute atomic E-state index is 0.255. The molecule has 3 aromatic rings. The van der Waals surface area contributed by atoms with E-state index < -0.39 is 11.1 Å². The van der Waals surface area contributed by atoms with E-state index in [9.17, 15) is 14.4 Å². The number of fused-ring (bicyclic) bond motifs is 1. The number of aryl methyl sites for hydroxylation is 2. The minimum atomic E-state index is -0.604. The van der Waals surface area contributed by atoms with Crippen LogP contribution in [0, 0.1) is 0 Å². The number of piperidine rings is 1. The predicted octanol–water partition coefficient (Wildman–Crippen LogP) is 2.49. The third-order valence-corrected chi connectivity index (χ3v) is 5.90. The van der Waals surface area contributed by atoms with Gasteiger partial charge in [0.2, 0.25) is 0 Å². The average Bonchev–Trinajstić information content (AvgIpc) is 2.81. The lowest BCUT2D eigenvalue weighted by atomic mass is 10.1. The summed E-state index contributed by atoms with van der Waals surface area (Å²) >= 11 is 0. The number of methoxy groups -OCH3 is 1. The summed E-state index contributed by atoms with van der Waals surface area (Å²) in [5, 5.41) is 3.01. The number of carbonyl (C=O) groups excluding carboxylic acids is 1. The van der Waals surface area contributed by atoms with Gasteiger partial charge in [-0.3, -0.25) is 14.4 Å². The number of aromatic nitrogens is 2. The lowest BCUT2D eigenvalue weighted by Gasteiger charge is -2.31. The molecule has 1 aliphatic heterocycles. The molecule has 0 saturated carbocycles. The number of rotatable bonds is 4. The van der Waals surface area contributed by atoms with Gasteiger partial charge in [0.1, 0.15) is 5.75 Å². The molecular formula is C23H26N4O4. The van der Waals surface area contributed by atoms with E-state index in [0.717, 1.165) is 31.6 Å². The molecule has 0 aliphatic carbocycles. The summed E-state index contributed by atoms with van der Waals surface area (Å²) in [6, 6.07) is 10.6. The van der Waals surface area contributed by atoms with Crippen molar-refractivity contribution in [2.24, 2.45) is 14.1 Å². The first-order valence-corrected chi connectivity index (χ1v) is 10.3. The normalized spacial score (nSPS) is 14.0. The second kappa shape index (κ2) is 8.29. The summed E-state index contributed by atoms with van der Waals surface area (Å²) in [5.41, 5.74) is 2.02. The summed E-state index contributed by atoms with van der Waals surface area (Å²) < 4.78 is 7.87. The predicted molar refractivity (Wildman–Crippen MR) is 121 cm³/mol. The summed E-state index contributed by atoms with van der Waals surface area (Å²) in [4.78, 5) is 39.8. The van der Waals surface area contributed by atoms with Gasteiger partial charge in [-0.2, -0.15) is 0 Å². The second-order valence-corrected chi connectivity index (χ2v) is 7.82. The van der Waals surface area contributed by atoms with Crippen LogP contribution in [0.5, 0.6) is 5.75 Å². The Morgan fingerprint density at radius 1 is 0.903 bits per heavy atom. The van der Waals surface area contributed by atoms with Crippen LogP contribution in [-0.2, 0) is 14.1 Å². The van der Waals surface area contributed by atoms with Crippen LogP contribution in [-0.4, -0.2) is 35.2 Å². The Morgan fingerprint density at radius 2 is 1.48 bits per heavy atom. The van der Waals surface area contributed by atoms with E-state index in [-0.39, 0.29) is 5.91 Å². The Bertz CT molecular complexity index is 1250. The van der Waals surface area contributed by atoms with E-state index in [4.69, 9.17) is 4.74 Å². The van der Waals surface area contributed by atoms with Crippen molar-refractivity contribution in [1.29, 1.82) is 0 Å². The first-order chi connectivity index (χ1) is 14.9. The van der Waals surface area contributed by atoms with E-state index in [1.54, 1.807) is 51.5 Å². The molecule has 1 amide bonds. The highest BCUT2D eigenvalue weighted by Gasteiger charge is 2.20. The highest BCUT2D eigenvalue weighted by Crippen LogP contribution is 2.33. The molecule has 0 bridgehead atoms. The standard InChI is InChI=1S/C23H26N4O4/c1-25-19-13-17(24-21(28)15-7-9-16(31-3)10-8-15)18(27-11-5-4-6-12-27)14-20(19)26(2)23(30)22(25)29/h7-10,13-14H,4-6,11-12H2,1-3H3,(H,24,28). The molecule has 8 heteroatoms. The number of benzene rings is 2. The number of ether oxygens (including phenoxy) is 1. The topological polar surface area (TPSA) is 85.6 Å². The van der Waals surface area contributed by atoms with E-state index in [1.807, 2.05) is 6.07 Å². The van der Waals surface area contributed by atoms with Crippen molar-refractivity contribution >= 4 is 28.3 Å². The fourth-order valence-electron chi connectivity index (χ4n) is 4.04. The van der Waals surface area contributed by atoms with E-state index in [0.29, 0.717) is 28.0 Å². The Labute approximate surface area is 179 Å². The van der Waals surface area contributed by atoms with Gasteiger partial charge in [-0.05, 0) is 55.7 Å². The maximum absolute atomic E-state index is 13.0. The molecule has 0 unspecified atom stereocenters. The third-order valence-electron chi connectivity index (χ3n) is 5.90.